The van der Waals surface area contributed by atoms with Crippen molar-refractivity contribution >= 4 is 32.5 Å². The van der Waals surface area contributed by atoms with E-state index in [0.29, 0.717) is 25.9 Å². The van der Waals surface area contributed by atoms with Crippen LogP contribution in [0.25, 0.3) is 10.9 Å². The number of hydrogen-bond acceptors (Lipinski definition) is 4. The fourth-order valence-corrected chi connectivity index (χ4v) is 3.98. The summed E-state index contributed by atoms with van der Waals surface area (Å²) in [6.07, 6.45) is 2.82. The molecule has 0 aliphatic carbocycles. The van der Waals surface area contributed by atoms with E-state index in [2.05, 4.69) is 15.5 Å². The number of carbonyl (C=O) groups is 1. The highest BCUT2D eigenvalue weighted by Gasteiger charge is 2.30. The summed E-state index contributed by atoms with van der Waals surface area (Å²) >= 11 is 0. The van der Waals surface area contributed by atoms with E-state index >= 15 is 0 Å². The first-order valence-corrected chi connectivity index (χ1v) is 9.32. The lowest BCUT2D eigenvalue weighted by Gasteiger charge is -2.30. The molecule has 1 aromatic heterocycles. The first-order valence-electron chi connectivity index (χ1n) is 7.71. The smallest absolute Gasteiger partial charge is 0.227 e. The molecule has 1 fully saturated rings. The maximum atomic E-state index is 12.4. The summed E-state index contributed by atoms with van der Waals surface area (Å²) in [5.41, 5.74) is 1.65. The molecule has 0 atom stereocenters. The molecule has 2 aromatic rings. The number of nitrogens with zero attached hydrogens (tertiary/aromatic N) is 2. The maximum absolute atomic E-state index is 12.4. The first kappa shape index (κ1) is 15.9. The van der Waals surface area contributed by atoms with Crippen molar-refractivity contribution in [1.29, 1.82) is 0 Å². The normalized spacial score (nSPS) is 17.4. The molecule has 1 aliphatic rings. The number of hydrogen-bond donors (Lipinski definition) is 2. The zero-order chi connectivity index (χ0) is 16.4. The molecule has 2 heterocycles. The number of aromatic amines is 1. The predicted octanol–water partition coefficient (Wildman–Crippen LogP) is 1.56. The largest absolute Gasteiger partial charge is 0.326 e. The Hall–Kier alpha value is -1.93. The molecule has 23 heavy (non-hydrogen) atoms. The van der Waals surface area contributed by atoms with Crippen molar-refractivity contribution in [2.24, 2.45) is 5.92 Å². The zero-order valence-corrected chi connectivity index (χ0v) is 13.8. The average Bonchev–Trinajstić information content (AvgIpc) is 3.02. The van der Waals surface area contributed by atoms with Gasteiger partial charge in [-0.1, -0.05) is 0 Å². The number of anilines is 1. The minimum absolute atomic E-state index is 0.0543. The van der Waals surface area contributed by atoms with Gasteiger partial charge in [0.1, 0.15) is 0 Å². The number of nitrogens with one attached hydrogen (secondary N) is 2. The number of benzene rings is 1. The number of rotatable bonds is 4. The van der Waals surface area contributed by atoms with Crippen molar-refractivity contribution in [1.82, 2.24) is 14.5 Å². The Bertz CT molecular complexity index is 807. The Morgan fingerprint density at radius 1 is 1.39 bits per heavy atom. The van der Waals surface area contributed by atoms with Gasteiger partial charge in [-0.2, -0.15) is 5.10 Å². The predicted molar refractivity (Wildman–Crippen MR) is 88.5 cm³/mol. The van der Waals surface area contributed by atoms with Gasteiger partial charge in [-0.3, -0.25) is 9.89 Å². The second kappa shape index (κ2) is 6.29. The van der Waals surface area contributed by atoms with Crippen molar-refractivity contribution in [3.63, 3.8) is 0 Å². The van der Waals surface area contributed by atoms with E-state index in [9.17, 15) is 13.2 Å². The van der Waals surface area contributed by atoms with Gasteiger partial charge in [0.05, 0.1) is 17.5 Å². The minimum atomic E-state index is -3.16. The van der Waals surface area contributed by atoms with Crippen molar-refractivity contribution in [2.45, 2.75) is 19.8 Å². The molecule has 0 spiro atoms. The lowest BCUT2D eigenvalue weighted by Crippen LogP contribution is -2.42. The number of piperidine rings is 1. The van der Waals surface area contributed by atoms with Gasteiger partial charge in [0.2, 0.25) is 15.9 Å². The number of fused-ring (bicyclic) bond motifs is 1. The molecule has 7 nitrogen and oxygen atoms in total. The van der Waals surface area contributed by atoms with Crippen LogP contribution in [-0.2, 0) is 14.8 Å². The summed E-state index contributed by atoms with van der Waals surface area (Å²) in [4.78, 5) is 12.4. The third-order valence-electron chi connectivity index (χ3n) is 4.29. The molecule has 124 valence electrons. The van der Waals surface area contributed by atoms with E-state index < -0.39 is 10.0 Å². The van der Waals surface area contributed by atoms with E-state index in [-0.39, 0.29) is 17.6 Å². The van der Waals surface area contributed by atoms with Crippen LogP contribution in [0, 0.1) is 5.92 Å². The molecule has 1 aliphatic heterocycles. The van der Waals surface area contributed by atoms with Gasteiger partial charge in [-0.15, -0.1) is 0 Å². The van der Waals surface area contributed by atoms with E-state index in [1.54, 1.807) is 13.1 Å². The zero-order valence-electron chi connectivity index (χ0n) is 12.9. The monoisotopic (exact) mass is 336 g/mol. The molecule has 0 saturated carbocycles. The van der Waals surface area contributed by atoms with Gasteiger partial charge in [0, 0.05) is 30.1 Å². The summed E-state index contributed by atoms with van der Waals surface area (Å²) in [6.45, 7) is 2.46. The molecule has 0 bridgehead atoms. The molecule has 1 saturated heterocycles. The molecular weight excluding hydrogens is 316 g/mol. The summed E-state index contributed by atoms with van der Waals surface area (Å²) in [7, 11) is -3.16. The van der Waals surface area contributed by atoms with Crippen LogP contribution < -0.4 is 5.32 Å². The Labute approximate surface area is 135 Å². The Kier molecular flexibility index (Phi) is 4.36. The second-order valence-electron chi connectivity index (χ2n) is 5.74. The molecule has 3 rings (SSSR count). The van der Waals surface area contributed by atoms with Gasteiger partial charge in [0.15, 0.2) is 0 Å². The molecule has 8 heteroatoms. The third kappa shape index (κ3) is 3.37. The van der Waals surface area contributed by atoms with Gasteiger partial charge >= 0.3 is 0 Å². The van der Waals surface area contributed by atoms with Crippen LogP contribution in [0.5, 0.6) is 0 Å². The Morgan fingerprint density at radius 2 is 2.13 bits per heavy atom. The van der Waals surface area contributed by atoms with E-state index in [4.69, 9.17) is 0 Å². The highest BCUT2D eigenvalue weighted by molar-refractivity contribution is 7.89. The first-order chi connectivity index (χ1) is 11.0. The van der Waals surface area contributed by atoms with Crippen molar-refractivity contribution in [3.05, 3.63) is 24.4 Å². The fraction of sp³-hybridized carbons (Fsp3) is 0.467. The van der Waals surface area contributed by atoms with Gasteiger partial charge in [-0.05, 0) is 38.0 Å². The number of amides is 1. The standard InChI is InChI=1S/C15H20N4O3S/c1-2-23(21,22)19-7-5-11(6-8-19)15(20)17-13-3-4-14-12(9-13)10-16-18-14/h3-4,9-11H,2,5-8H2,1H3,(H,16,18)(H,17,20). The maximum Gasteiger partial charge on any atom is 0.227 e. The van der Waals surface area contributed by atoms with Crippen LogP contribution in [0.2, 0.25) is 0 Å². The lowest BCUT2D eigenvalue weighted by molar-refractivity contribution is -0.120. The minimum Gasteiger partial charge on any atom is -0.326 e. The highest BCUT2D eigenvalue weighted by atomic mass is 32.2. The molecule has 2 N–H and O–H groups in total. The molecular formula is C15H20N4O3S. The molecule has 0 unspecified atom stereocenters. The Morgan fingerprint density at radius 3 is 2.83 bits per heavy atom. The average molecular weight is 336 g/mol. The molecule has 1 aromatic carbocycles. The van der Waals surface area contributed by atoms with Crippen LogP contribution in [0.4, 0.5) is 5.69 Å². The van der Waals surface area contributed by atoms with Gasteiger partial charge in [-0.25, -0.2) is 12.7 Å². The summed E-state index contributed by atoms with van der Waals surface area (Å²) in [6, 6.07) is 5.57. The van der Waals surface area contributed by atoms with Gasteiger partial charge in [0.25, 0.3) is 0 Å². The number of aromatic nitrogens is 2. The quantitative estimate of drug-likeness (QED) is 0.886. The number of carbonyl (C=O) groups excluding carboxylic acids is 1. The SMILES string of the molecule is CCS(=O)(=O)N1CCC(C(=O)Nc2ccc3[nH]ncc3c2)CC1. The molecule has 0 radical (unpaired) electrons. The topological polar surface area (TPSA) is 95.2 Å². The lowest BCUT2D eigenvalue weighted by atomic mass is 9.97. The molecule has 1 amide bonds. The number of H-pyrrole nitrogens is 1. The van der Waals surface area contributed by atoms with Crippen molar-refractivity contribution < 1.29 is 13.2 Å². The van der Waals surface area contributed by atoms with Crippen LogP contribution in [0.15, 0.2) is 24.4 Å². The van der Waals surface area contributed by atoms with Crippen molar-refractivity contribution in [3.8, 4) is 0 Å². The van der Waals surface area contributed by atoms with Gasteiger partial charge < -0.3 is 5.32 Å². The van der Waals surface area contributed by atoms with E-state index in [1.807, 2.05) is 18.2 Å². The Balaban J connectivity index is 1.61. The fourth-order valence-electron chi connectivity index (χ4n) is 2.84. The number of sulfonamides is 1. The second-order valence-corrected chi connectivity index (χ2v) is 7.99. The summed E-state index contributed by atoms with van der Waals surface area (Å²) in [5.74, 6) is -0.103. The highest BCUT2D eigenvalue weighted by Crippen LogP contribution is 2.23. The van der Waals surface area contributed by atoms with E-state index in [1.165, 1.54) is 4.31 Å². The van der Waals surface area contributed by atoms with Crippen molar-refractivity contribution in [2.75, 3.05) is 24.2 Å². The van der Waals surface area contributed by atoms with Crippen LogP contribution in [-0.4, -0.2) is 47.7 Å². The van der Waals surface area contributed by atoms with Crippen LogP contribution >= 0.6 is 0 Å². The van der Waals surface area contributed by atoms with Crippen LogP contribution in [0.1, 0.15) is 19.8 Å². The van der Waals surface area contributed by atoms with E-state index in [0.717, 1.165) is 16.6 Å². The summed E-state index contributed by atoms with van der Waals surface area (Å²) in [5, 5.41) is 10.7. The summed E-state index contributed by atoms with van der Waals surface area (Å²) < 4.78 is 25.2. The third-order valence-corrected chi connectivity index (χ3v) is 6.17. The van der Waals surface area contributed by atoms with Crippen LogP contribution in [0.3, 0.4) is 0 Å².